The van der Waals surface area contributed by atoms with Crippen LogP contribution in [0, 0.1) is 0 Å². The molecule has 0 spiro atoms. The zero-order valence-electron chi connectivity index (χ0n) is 12.5. The average molecular weight is 336 g/mol. The molecule has 0 radical (unpaired) electrons. The number of hydrogen-bond acceptors (Lipinski definition) is 2. The first-order valence-corrected chi connectivity index (χ1v) is 8.08. The molecule has 1 aromatic carbocycles. The van der Waals surface area contributed by atoms with Crippen molar-refractivity contribution in [3.05, 3.63) is 46.1 Å². The molecule has 1 aromatic rings. The van der Waals surface area contributed by atoms with Crippen molar-refractivity contribution in [1.29, 1.82) is 0 Å². The summed E-state index contributed by atoms with van der Waals surface area (Å²) in [6, 6.07) is 7.52. The molecule has 0 aromatic heterocycles. The molecule has 6 heteroatoms. The second-order valence-corrected chi connectivity index (χ2v) is 6.50. The molecule has 0 saturated heterocycles. The van der Waals surface area contributed by atoms with Gasteiger partial charge in [-0.15, -0.1) is 0 Å². The van der Waals surface area contributed by atoms with Crippen LogP contribution in [-0.4, -0.2) is 29.0 Å². The molecule has 1 aliphatic heterocycles. The second-order valence-electron chi connectivity index (χ2n) is 5.71. The van der Waals surface area contributed by atoms with Gasteiger partial charge in [0.2, 0.25) is 0 Å². The lowest BCUT2D eigenvalue weighted by Gasteiger charge is -2.36. The molecule has 1 heterocycles. The predicted octanol–water partition coefficient (Wildman–Crippen LogP) is 2.75. The Labute approximate surface area is 140 Å². The van der Waals surface area contributed by atoms with Crippen LogP contribution in [0.15, 0.2) is 35.5 Å². The van der Waals surface area contributed by atoms with E-state index >= 15 is 0 Å². The number of halogens is 1. The summed E-state index contributed by atoms with van der Waals surface area (Å²) < 4.78 is 0. The molecule has 4 nitrogen and oxygen atoms in total. The van der Waals surface area contributed by atoms with Crippen molar-refractivity contribution in [2.45, 2.75) is 31.8 Å². The van der Waals surface area contributed by atoms with Crippen molar-refractivity contribution in [3.8, 4) is 0 Å². The van der Waals surface area contributed by atoms with Crippen LogP contribution in [-0.2, 0) is 4.79 Å². The van der Waals surface area contributed by atoms with Crippen molar-refractivity contribution >= 4 is 34.8 Å². The number of rotatable bonds is 3. The zero-order chi connectivity index (χ0) is 15.9. The van der Waals surface area contributed by atoms with Crippen LogP contribution < -0.4 is 10.6 Å². The third-order valence-electron chi connectivity index (χ3n) is 4.13. The third kappa shape index (κ3) is 2.83. The van der Waals surface area contributed by atoms with Crippen molar-refractivity contribution in [3.63, 3.8) is 0 Å². The quantitative estimate of drug-likeness (QED) is 0.834. The fraction of sp³-hybridized carbons (Fsp3) is 0.375. The molecule has 0 unspecified atom stereocenters. The molecule has 2 N–H and O–H groups in total. The van der Waals surface area contributed by atoms with Crippen LogP contribution in [0.4, 0.5) is 0 Å². The van der Waals surface area contributed by atoms with Gasteiger partial charge in [-0.3, -0.25) is 4.79 Å². The van der Waals surface area contributed by atoms with Crippen LogP contribution in [0.1, 0.15) is 31.4 Å². The minimum atomic E-state index is -0.323. The van der Waals surface area contributed by atoms with Gasteiger partial charge in [0.15, 0.2) is 5.11 Å². The number of carbonyl (C=O) groups is 1. The Morgan fingerprint density at radius 2 is 2.09 bits per heavy atom. The first-order chi connectivity index (χ1) is 10.5. The van der Waals surface area contributed by atoms with E-state index in [-0.39, 0.29) is 11.9 Å². The van der Waals surface area contributed by atoms with Crippen molar-refractivity contribution in [1.82, 2.24) is 15.5 Å². The first kappa shape index (κ1) is 15.3. The lowest BCUT2D eigenvalue weighted by atomic mass is 9.94. The third-order valence-corrected chi connectivity index (χ3v) is 4.86. The minimum absolute atomic E-state index is 0.0493. The maximum atomic E-state index is 12.7. The summed E-state index contributed by atoms with van der Waals surface area (Å²) >= 11 is 11.7. The average Bonchev–Trinajstić information content (AvgIpc) is 3.28. The summed E-state index contributed by atoms with van der Waals surface area (Å²) in [6.07, 6.45) is 2.10. The molecule has 0 bridgehead atoms. The second kappa shape index (κ2) is 5.89. The summed E-state index contributed by atoms with van der Waals surface area (Å²) in [5, 5.41) is 7.50. The van der Waals surface area contributed by atoms with Crippen LogP contribution in [0.2, 0.25) is 5.02 Å². The zero-order valence-corrected chi connectivity index (χ0v) is 14.1. The van der Waals surface area contributed by atoms with Crippen molar-refractivity contribution in [2.24, 2.45) is 0 Å². The summed E-state index contributed by atoms with van der Waals surface area (Å²) in [7, 11) is 1.86. The van der Waals surface area contributed by atoms with E-state index < -0.39 is 0 Å². The number of nitrogens with one attached hydrogen (secondary N) is 2. The standard InChI is InChI=1S/C16H18ClN3OS/c1-9-13(15(21)18-10-7-8-10)14(19-16(22)20(9)2)11-5-3-4-6-12(11)17/h3-6,10,14H,7-8H2,1-2H3,(H,18,21)(H,19,22)/t14-/m0/s1. The first-order valence-electron chi connectivity index (χ1n) is 7.29. The SMILES string of the molecule is CC1=C(C(=O)NC2CC2)[C@H](c2ccccc2Cl)NC(=S)N1C. The van der Waals surface area contributed by atoms with Gasteiger partial charge in [-0.2, -0.15) is 0 Å². The van der Waals surface area contributed by atoms with Crippen LogP contribution in [0.5, 0.6) is 0 Å². The van der Waals surface area contributed by atoms with Gasteiger partial charge in [0.25, 0.3) is 5.91 Å². The number of nitrogens with zero attached hydrogens (tertiary/aromatic N) is 1. The molecule has 1 fully saturated rings. The van der Waals surface area contributed by atoms with Gasteiger partial charge in [-0.05, 0) is 43.6 Å². The summed E-state index contributed by atoms with van der Waals surface area (Å²) in [4.78, 5) is 14.5. The summed E-state index contributed by atoms with van der Waals surface area (Å²) in [5.74, 6) is -0.0493. The molecule has 22 heavy (non-hydrogen) atoms. The van der Waals surface area contributed by atoms with Gasteiger partial charge in [0, 0.05) is 23.8 Å². The minimum Gasteiger partial charge on any atom is -0.351 e. The Morgan fingerprint density at radius 1 is 1.41 bits per heavy atom. The predicted molar refractivity (Wildman–Crippen MR) is 91.6 cm³/mol. The Balaban J connectivity index is 2.03. The van der Waals surface area contributed by atoms with Gasteiger partial charge in [0.1, 0.15) is 0 Å². The Kier molecular flexibility index (Phi) is 4.10. The number of allylic oxidation sites excluding steroid dienone is 1. The van der Waals surface area contributed by atoms with E-state index in [1.807, 2.05) is 43.1 Å². The Bertz CT molecular complexity index is 669. The number of amides is 1. The smallest absolute Gasteiger partial charge is 0.251 e. The summed E-state index contributed by atoms with van der Waals surface area (Å²) in [6.45, 7) is 1.92. The van der Waals surface area contributed by atoms with Crippen molar-refractivity contribution in [2.75, 3.05) is 7.05 Å². The molecular weight excluding hydrogens is 318 g/mol. The van der Waals surface area contributed by atoms with E-state index in [9.17, 15) is 4.79 Å². The normalized spacial score (nSPS) is 21.7. The van der Waals surface area contributed by atoms with Crippen LogP contribution >= 0.6 is 23.8 Å². The topological polar surface area (TPSA) is 44.4 Å². The number of thiocarbonyl (C=S) groups is 1. The van der Waals surface area contributed by atoms with E-state index in [0.29, 0.717) is 21.8 Å². The maximum absolute atomic E-state index is 12.7. The Morgan fingerprint density at radius 3 is 2.73 bits per heavy atom. The number of hydrogen-bond donors (Lipinski definition) is 2. The lowest BCUT2D eigenvalue weighted by molar-refractivity contribution is -0.118. The highest BCUT2D eigenvalue weighted by Gasteiger charge is 2.35. The highest BCUT2D eigenvalue weighted by molar-refractivity contribution is 7.80. The van der Waals surface area contributed by atoms with Gasteiger partial charge in [0.05, 0.1) is 11.6 Å². The van der Waals surface area contributed by atoms with E-state index in [4.69, 9.17) is 23.8 Å². The van der Waals surface area contributed by atoms with Crippen LogP contribution in [0.25, 0.3) is 0 Å². The highest BCUT2D eigenvalue weighted by atomic mass is 35.5. The van der Waals surface area contributed by atoms with E-state index in [0.717, 1.165) is 24.1 Å². The van der Waals surface area contributed by atoms with E-state index in [1.165, 1.54) is 0 Å². The largest absolute Gasteiger partial charge is 0.351 e. The van der Waals surface area contributed by atoms with Crippen LogP contribution in [0.3, 0.4) is 0 Å². The molecule has 3 rings (SSSR count). The molecule has 1 saturated carbocycles. The van der Waals surface area contributed by atoms with E-state index in [1.54, 1.807) is 0 Å². The lowest BCUT2D eigenvalue weighted by Crippen LogP contribution is -2.47. The van der Waals surface area contributed by atoms with Crippen molar-refractivity contribution < 1.29 is 4.79 Å². The number of carbonyl (C=O) groups excluding carboxylic acids is 1. The molecule has 1 amide bonds. The van der Waals surface area contributed by atoms with E-state index in [2.05, 4.69) is 10.6 Å². The fourth-order valence-corrected chi connectivity index (χ4v) is 3.06. The van der Waals surface area contributed by atoms with Gasteiger partial charge < -0.3 is 15.5 Å². The van der Waals surface area contributed by atoms with Gasteiger partial charge in [-0.25, -0.2) is 0 Å². The summed E-state index contributed by atoms with van der Waals surface area (Å²) in [5.41, 5.74) is 2.39. The molecule has 2 aliphatic rings. The highest BCUT2D eigenvalue weighted by Crippen LogP contribution is 2.34. The molecule has 116 valence electrons. The maximum Gasteiger partial charge on any atom is 0.251 e. The van der Waals surface area contributed by atoms with Gasteiger partial charge >= 0.3 is 0 Å². The Hall–Kier alpha value is -1.59. The number of benzene rings is 1. The molecule has 1 atom stereocenters. The fourth-order valence-electron chi connectivity index (χ4n) is 2.56. The van der Waals surface area contributed by atoms with Gasteiger partial charge in [-0.1, -0.05) is 29.8 Å². The monoisotopic (exact) mass is 335 g/mol. The molecule has 1 aliphatic carbocycles. The molecular formula is C16H18ClN3OS.